The number of rotatable bonds is 5. The zero-order valence-corrected chi connectivity index (χ0v) is 16.8. The molecule has 6 heteroatoms. The molecule has 1 heterocycles. The van der Waals surface area contributed by atoms with Crippen molar-refractivity contribution in [3.63, 3.8) is 0 Å². The fourth-order valence-corrected chi connectivity index (χ4v) is 3.16. The third-order valence-corrected chi connectivity index (χ3v) is 4.78. The summed E-state index contributed by atoms with van der Waals surface area (Å²) in [4.78, 5) is 0.286. The largest absolute Gasteiger partial charge is 0.867 e. The van der Waals surface area contributed by atoms with Crippen molar-refractivity contribution < 1.29 is 14.8 Å². The number of pyridine rings is 1. The van der Waals surface area contributed by atoms with Crippen LogP contribution in [0.4, 0.5) is 5.69 Å². The van der Waals surface area contributed by atoms with Crippen molar-refractivity contribution in [2.24, 2.45) is 0 Å². The van der Waals surface area contributed by atoms with E-state index in [1.165, 1.54) is 0 Å². The van der Waals surface area contributed by atoms with Crippen LogP contribution in [0.5, 0.6) is 0 Å². The van der Waals surface area contributed by atoms with E-state index in [0.717, 1.165) is 11.3 Å². The summed E-state index contributed by atoms with van der Waals surface area (Å²) in [6, 6.07) is 17.9. The number of benzene rings is 2. The second-order valence-electron chi connectivity index (χ2n) is 6.23. The predicted octanol–water partition coefficient (Wildman–Crippen LogP) is 3.55. The highest BCUT2D eigenvalue weighted by atomic mass is 35.5. The molecule has 0 spiro atoms. The van der Waals surface area contributed by atoms with Gasteiger partial charge in [-0.25, -0.2) is 0 Å². The summed E-state index contributed by atoms with van der Waals surface area (Å²) < 4.78 is 1.64. The Bertz CT molecular complexity index is 1030. The minimum absolute atomic E-state index is 0.138. The molecule has 2 aromatic carbocycles. The van der Waals surface area contributed by atoms with Crippen molar-refractivity contribution in [2.75, 3.05) is 5.32 Å². The molecule has 0 saturated heterocycles. The summed E-state index contributed by atoms with van der Waals surface area (Å²) in [7, 11) is 0. The quantitative estimate of drug-likeness (QED) is 0.292. The molecule has 3 rings (SSSR count). The van der Waals surface area contributed by atoms with Crippen LogP contribution >= 0.6 is 23.8 Å². The van der Waals surface area contributed by atoms with E-state index in [2.05, 4.69) is 5.32 Å². The van der Waals surface area contributed by atoms with Crippen LogP contribution in [0.3, 0.4) is 0 Å². The Hall–Kier alpha value is -2.73. The van der Waals surface area contributed by atoms with Gasteiger partial charge in [-0.2, -0.15) is 4.57 Å². The van der Waals surface area contributed by atoms with Gasteiger partial charge in [-0.05, 0) is 48.1 Å². The number of hydrogen-bond acceptors (Lipinski definition) is 3. The van der Waals surface area contributed by atoms with Gasteiger partial charge in [-0.3, -0.25) is 0 Å². The van der Waals surface area contributed by atoms with Crippen molar-refractivity contribution in [3.05, 3.63) is 94.8 Å². The number of anilines is 1. The normalized spacial score (nSPS) is 11.7. The average molecular weight is 411 g/mol. The summed E-state index contributed by atoms with van der Waals surface area (Å²) in [5, 5.41) is 26.5. The average Bonchev–Trinajstić information content (AvgIpc) is 2.70. The molecule has 0 bridgehead atoms. The lowest BCUT2D eigenvalue weighted by molar-refractivity contribution is -0.578. The number of aromatic nitrogens is 1. The smallest absolute Gasteiger partial charge is 0.238 e. The van der Waals surface area contributed by atoms with Crippen LogP contribution in [-0.4, -0.2) is 10.1 Å². The van der Waals surface area contributed by atoms with Crippen LogP contribution in [0.1, 0.15) is 16.7 Å². The molecule has 0 unspecified atom stereocenters. The maximum Gasteiger partial charge on any atom is 0.238 e. The summed E-state index contributed by atoms with van der Waals surface area (Å²) in [6.07, 6.45) is 3.42. The van der Waals surface area contributed by atoms with E-state index in [0.29, 0.717) is 16.1 Å². The van der Waals surface area contributed by atoms with E-state index in [1.54, 1.807) is 53.4 Å². The Kier molecular flexibility index (Phi) is 6.41. The first kappa shape index (κ1) is 20.0. The highest BCUT2D eigenvalue weighted by Crippen LogP contribution is 2.20. The molecule has 0 aliphatic heterocycles. The van der Waals surface area contributed by atoms with Gasteiger partial charge in [0.15, 0.2) is 17.4 Å². The number of para-hydroxylation sites is 1. The molecule has 3 aromatic rings. The topological polar surface area (TPSA) is 59.2 Å². The lowest BCUT2D eigenvalue weighted by atomic mass is 10.1. The summed E-state index contributed by atoms with van der Waals surface area (Å²) >= 11 is 11.6. The highest BCUT2D eigenvalue weighted by molar-refractivity contribution is 7.81. The number of nitrogens with one attached hydrogen (secondary N) is 1. The summed E-state index contributed by atoms with van der Waals surface area (Å²) in [5.74, 6) is -0.247. The Morgan fingerprint density at radius 1 is 1.11 bits per heavy atom. The van der Waals surface area contributed by atoms with Gasteiger partial charge in [0.25, 0.3) is 0 Å². The summed E-state index contributed by atoms with van der Waals surface area (Å²) in [5.41, 5.74) is 3.26. The second kappa shape index (κ2) is 8.97. The molecule has 0 amide bonds. The Morgan fingerprint density at radius 2 is 1.82 bits per heavy atom. The lowest BCUT2D eigenvalue weighted by Gasteiger charge is -2.18. The molecule has 0 aliphatic rings. The first-order valence-corrected chi connectivity index (χ1v) is 9.44. The molecule has 0 atom stereocenters. The molecule has 0 saturated carbocycles. The molecule has 0 aliphatic carbocycles. The monoisotopic (exact) mass is 410 g/mol. The van der Waals surface area contributed by atoms with Gasteiger partial charge in [0.1, 0.15) is 0 Å². The van der Waals surface area contributed by atoms with E-state index in [-0.39, 0.29) is 23.1 Å². The standard InChI is InChI=1S/C22H19ClN2O2S/c1-15-5-2-3-7-19(15)24-22(28)20(25-12-4-6-16(13-25)14-26)21(27)17-8-10-18(23)11-9-17/h2-13,26H,14H2,1H3,(H-,24,27,28). The number of thiocarbonyl (C=S) groups is 1. The molecular formula is C22H19ClN2O2S. The first-order chi connectivity index (χ1) is 13.5. The zero-order chi connectivity index (χ0) is 20.1. The third-order valence-electron chi connectivity index (χ3n) is 4.23. The Morgan fingerprint density at radius 3 is 2.50 bits per heavy atom. The maximum atomic E-state index is 13.3. The Balaban J connectivity index is 2.10. The van der Waals surface area contributed by atoms with Gasteiger partial charge in [-0.15, -0.1) is 0 Å². The van der Waals surface area contributed by atoms with Gasteiger partial charge < -0.3 is 15.5 Å². The van der Waals surface area contributed by atoms with E-state index >= 15 is 0 Å². The first-order valence-electron chi connectivity index (χ1n) is 8.65. The maximum absolute atomic E-state index is 13.3. The molecule has 0 radical (unpaired) electrons. The van der Waals surface area contributed by atoms with Crippen LogP contribution < -0.4 is 15.0 Å². The molecule has 0 fully saturated rings. The van der Waals surface area contributed by atoms with Gasteiger partial charge in [-0.1, -0.05) is 54.2 Å². The molecule has 2 N–H and O–H groups in total. The SMILES string of the molecule is Cc1ccccc1NC(=S)C(=C([O-])c1ccc(Cl)cc1)[n+]1cccc(CO)c1. The zero-order valence-electron chi connectivity index (χ0n) is 15.2. The lowest BCUT2D eigenvalue weighted by Crippen LogP contribution is -2.40. The van der Waals surface area contributed by atoms with Gasteiger partial charge in [0.05, 0.1) is 6.61 Å². The van der Waals surface area contributed by atoms with Crippen molar-refractivity contribution in [1.82, 2.24) is 0 Å². The van der Waals surface area contributed by atoms with Crippen molar-refractivity contribution >= 4 is 46.0 Å². The number of aliphatic hydroxyl groups is 1. The Labute approximate surface area is 174 Å². The number of nitrogens with zero attached hydrogens (tertiary/aromatic N) is 1. The molecular weight excluding hydrogens is 392 g/mol. The van der Waals surface area contributed by atoms with E-state index in [4.69, 9.17) is 23.8 Å². The van der Waals surface area contributed by atoms with E-state index in [1.807, 2.05) is 31.2 Å². The van der Waals surface area contributed by atoms with Gasteiger partial charge in [0.2, 0.25) is 5.70 Å². The molecule has 142 valence electrons. The number of halogens is 1. The van der Waals surface area contributed by atoms with Crippen LogP contribution in [0.2, 0.25) is 5.02 Å². The van der Waals surface area contributed by atoms with Crippen LogP contribution in [0, 0.1) is 6.92 Å². The van der Waals surface area contributed by atoms with Gasteiger partial charge >= 0.3 is 0 Å². The fourth-order valence-electron chi connectivity index (χ4n) is 2.73. The van der Waals surface area contributed by atoms with Crippen LogP contribution in [0.25, 0.3) is 11.5 Å². The van der Waals surface area contributed by atoms with Crippen LogP contribution in [0.15, 0.2) is 73.1 Å². The predicted molar refractivity (Wildman–Crippen MR) is 115 cm³/mol. The second-order valence-corrected chi connectivity index (χ2v) is 7.08. The summed E-state index contributed by atoms with van der Waals surface area (Å²) in [6.45, 7) is 1.83. The molecule has 28 heavy (non-hydrogen) atoms. The molecule has 4 nitrogen and oxygen atoms in total. The fraction of sp³-hybridized carbons (Fsp3) is 0.0909. The number of aryl methyl sites for hydroxylation is 1. The third kappa shape index (κ3) is 4.57. The van der Waals surface area contributed by atoms with Crippen molar-refractivity contribution in [1.29, 1.82) is 0 Å². The van der Waals surface area contributed by atoms with Crippen molar-refractivity contribution in [2.45, 2.75) is 13.5 Å². The van der Waals surface area contributed by atoms with E-state index in [9.17, 15) is 10.2 Å². The van der Waals surface area contributed by atoms with E-state index < -0.39 is 0 Å². The van der Waals surface area contributed by atoms with Gasteiger partial charge in [0, 0.05) is 22.3 Å². The minimum Gasteiger partial charge on any atom is -0.867 e. The number of hydrogen-bond donors (Lipinski definition) is 2. The molecule has 1 aromatic heterocycles. The minimum atomic E-state index is -0.247. The highest BCUT2D eigenvalue weighted by Gasteiger charge is 2.20. The van der Waals surface area contributed by atoms with Crippen LogP contribution in [-0.2, 0) is 6.61 Å². The van der Waals surface area contributed by atoms with Crippen molar-refractivity contribution in [3.8, 4) is 0 Å². The number of aliphatic hydroxyl groups excluding tert-OH is 1.